The maximum atomic E-state index is 12.4. The first-order valence-corrected chi connectivity index (χ1v) is 8.40. The number of rotatable bonds is 4. The first-order chi connectivity index (χ1) is 11.5. The second kappa shape index (κ2) is 8.67. The summed E-state index contributed by atoms with van der Waals surface area (Å²) >= 11 is 6.12. The number of amides is 1. The van der Waals surface area contributed by atoms with Crippen LogP contribution in [-0.2, 0) is 11.8 Å². The van der Waals surface area contributed by atoms with Crippen LogP contribution in [-0.4, -0.2) is 46.5 Å². The minimum Gasteiger partial charge on any atom is -0.337 e. The molecule has 1 saturated heterocycles. The highest BCUT2D eigenvalue weighted by Gasteiger charge is 2.28. The first-order valence-electron chi connectivity index (χ1n) is 8.02. The lowest BCUT2D eigenvalue weighted by atomic mass is 10.1. The van der Waals surface area contributed by atoms with Crippen LogP contribution in [0.1, 0.15) is 17.4 Å². The lowest BCUT2D eigenvalue weighted by Gasteiger charge is -2.35. The molecule has 25 heavy (non-hydrogen) atoms. The van der Waals surface area contributed by atoms with E-state index in [4.69, 9.17) is 11.6 Å². The highest BCUT2D eigenvalue weighted by molar-refractivity contribution is 6.31. The van der Waals surface area contributed by atoms with E-state index in [0.717, 1.165) is 36.7 Å². The third-order valence-electron chi connectivity index (χ3n) is 4.31. The Balaban J connectivity index is 0.00000225. The van der Waals surface area contributed by atoms with Gasteiger partial charge in [0, 0.05) is 49.8 Å². The summed E-state index contributed by atoms with van der Waals surface area (Å²) in [5.41, 5.74) is 1.71. The molecule has 1 amide bonds. The minimum absolute atomic E-state index is 0. The molecule has 2 heterocycles. The quantitative estimate of drug-likeness (QED) is 0.850. The van der Waals surface area contributed by atoms with Gasteiger partial charge in [0.05, 0.1) is 12.6 Å². The molecule has 0 radical (unpaired) electrons. The molecule has 0 bridgehead atoms. The fourth-order valence-corrected chi connectivity index (χ4v) is 3.12. The van der Waals surface area contributed by atoms with Crippen LogP contribution in [0.15, 0.2) is 30.6 Å². The SMILES string of the molecule is Cc1ccc(NC(=O)CN2CCNCC2c2nccn2C)cc1Cl.Cl. The zero-order valence-corrected chi connectivity index (χ0v) is 15.9. The molecule has 1 aromatic carbocycles. The van der Waals surface area contributed by atoms with Crippen LogP contribution in [0.25, 0.3) is 0 Å². The zero-order valence-electron chi connectivity index (χ0n) is 14.3. The minimum atomic E-state index is -0.0453. The van der Waals surface area contributed by atoms with Crippen molar-refractivity contribution in [2.24, 2.45) is 7.05 Å². The summed E-state index contributed by atoms with van der Waals surface area (Å²) < 4.78 is 2.00. The highest BCUT2D eigenvalue weighted by Crippen LogP contribution is 2.22. The van der Waals surface area contributed by atoms with E-state index in [2.05, 4.69) is 20.5 Å². The average Bonchev–Trinajstić information content (AvgIpc) is 2.97. The van der Waals surface area contributed by atoms with Gasteiger partial charge in [0.2, 0.25) is 5.91 Å². The van der Waals surface area contributed by atoms with E-state index < -0.39 is 0 Å². The summed E-state index contributed by atoms with van der Waals surface area (Å²) in [5, 5.41) is 6.95. The Morgan fingerprint density at radius 2 is 2.28 bits per heavy atom. The van der Waals surface area contributed by atoms with Gasteiger partial charge < -0.3 is 15.2 Å². The second-order valence-electron chi connectivity index (χ2n) is 6.10. The van der Waals surface area contributed by atoms with Crippen molar-refractivity contribution in [3.8, 4) is 0 Å². The molecule has 0 saturated carbocycles. The van der Waals surface area contributed by atoms with Gasteiger partial charge in [-0.3, -0.25) is 9.69 Å². The molecule has 1 aliphatic heterocycles. The highest BCUT2D eigenvalue weighted by atomic mass is 35.5. The lowest BCUT2D eigenvalue weighted by Crippen LogP contribution is -2.49. The van der Waals surface area contributed by atoms with E-state index >= 15 is 0 Å². The van der Waals surface area contributed by atoms with Crippen molar-refractivity contribution in [1.82, 2.24) is 19.8 Å². The van der Waals surface area contributed by atoms with Crippen LogP contribution < -0.4 is 10.6 Å². The summed E-state index contributed by atoms with van der Waals surface area (Å²) in [7, 11) is 1.98. The fraction of sp³-hybridized carbons (Fsp3) is 0.412. The summed E-state index contributed by atoms with van der Waals surface area (Å²) in [6.45, 7) is 4.72. The molecule has 1 aliphatic rings. The summed E-state index contributed by atoms with van der Waals surface area (Å²) in [6, 6.07) is 5.64. The van der Waals surface area contributed by atoms with Gasteiger partial charge in [-0.15, -0.1) is 12.4 Å². The zero-order chi connectivity index (χ0) is 17.1. The molecule has 2 aromatic rings. The maximum Gasteiger partial charge on any atom is 0.238 e. The molecule has 2 N–H and O–H groups in total. The molecule has 136 valence electrons. The molecule has 1 fully saturated rings. The number of hydrogen-bond acceptors (Lipinski definition) is 4. The predicted molar refractivity (Wildman–Crippen MR) is 102 cm³/mol. The van der Waals surface area contributed by atoms with Crippen molar-refractivity contribution in [3.63, 3.8) is 0 Å². The van der Waals surface area contributed by atoms with E-state index in [0.29, 0.717) is 11.6 Å². The molecular formula is C17H23Cl2N5O. The molecule has 1 aromatic heterocycles. The van der Waals surface area contributed by atoms with Gasteiger partial charge in [-0.1, -0.05) is 17.7 Å². The summed E-state index contributed by atoms with van der Waals surface area (Å²) in [4.78, 5) is 19.0. The number of carbonyl (C=O) groups is 1. The van der Waals surface area contributed by atoms with Gasteiger partial charge in [-0.05, 0) is 24.6 Å². The van der Waals surface area contributed by atoms with E-state index in [1.54, 1.807) is 12.3 Å². The third kappa shape index (κ3) is 4.73. The van der Waals surface area contributed by atoms with E-state index in [1.807, 2.05) is 36.9 Å². The predicted octanol–water partition coefficient (Wildman–Crippen LogP) is 2.39. The number of nitrogens with one attached hydrogen (secondary N) is 2. The lowest BCUT2D eigenvalue weighted by molar-refractivity contribution is -0.118. The Bertz CT molecular complexity index is 734. The van der Waals surface area contributed by atoms with E-state index in [-0.39, 0.29) is 24.4 Å². The standard InChI is InChI=1S/C17H22ClN5O.ClH/c1-12-3-4-13(9-14(12)18)21-16(24)11-23-8-5-19-10-15(23)17-20-6-7-22(17)2;/h3-4,6-7,9,15,19H,5,8,10-11H2,1-2H3,(H,21,24);1H. The van der Waals surface area contributed by atoms with Crippen molar-refractivity contribution in [2.75, 3.05) is 31.5 Å². The van der Waals surface area contributed by atoms with Crippen LogP contribution in [0.5, 0.6) is 0 Å². The third-order valence-corrected chi connectivity index (χ3v) is 4.72. The van der Waals surface area contributed by atoms with Crippen molar-refractivity contribution in [2.45, 2.75) is 13.0 Å². The summed E-state index contributed by atoms with van der Waals surface area (Å²) in [5.74, 6) is 0.921. The monoisotopic (exact) mass is 383 g/mol. The van der Waals surface area contributed by atoms with Crippen LogP contribution in [0.2, 0.25) is 5.02 Å². The van der Waals surface area contributed by atoms with E-state index in [1.165, 1.54) is 0 Å². The second-order valence-corrected chi connectivity index (χ2v) is 6.51. The van der Waals surface area contributed by atoms with E-state index in [9.17, 15) is 4.79 Å². The van der Waals surface area contributed by atoms with Crippen LogP contribution in [0.4, 0.5) is 5.69 Å². The van der Waals surface area contributed by atoms with Crippen molar-refractivity contribution in [3.05, 3.63) is 47.0 Å². The van der Waals surface area contributed by atoms with Crippen LogP contribution >= 0.6 is 24.0 Å². The molecule has 0 spiro atoms. The number of piperazine rings is 1. The molecule has 3 rings (SSSR count). The number of aryl methyl sites for hydroxylation is 2. The Labute approximate surface area is 159 Å². The van der Waals surface area contributed by atoms with Crippen molar-refractivity contribution in [1.29, 1.82) is 0 Å². The number of hydrogen-bond donors (Lipinski definition) is 2. The molecule has 1 unspecified atom stereocenters. The molecule has 6 nitrogen and oxygen atoms in total. The number of halogens is 2. The van der Waals surface area contributed by atoms with Crippen LogP contribution in [0.3, 0.4) is 0 Å². The Morgan fingerprint density at radius 1 is 1.48 bits per heavy atom. The molecular weight excluding hydrogens is 361 g/mol. The van der Waals surface area contributed by atoms with Crippen molar-refractivity contribution >= 4 is 35.6 Å². The summed E-state index contributed by atoms with van der Waals surface area (Å²) in [6.07, 6.45) is 3.72. The van der Waals surface area contributed by atoms with Gasteiger partial charge in [0.25, 0.3) is 0 Å². The Hall–Kier alpha value is -1.60. The smallest absolute Gasteiger partial charge is 0.238 e. The van der Waals surface area contributed by atoms with Gasteiger partial charge in [0.15, 0.2) is 0 Å². The number of benzene rings is 1. The Morgan fingerprint density at radius 3 is 2.96 bits per heavy atom. The van der Waals surface area contributed by atoms with Crippen LogP contribution in [0, 0.1) is 6.92 Å². The number of carbonyl (C=O) groups excluding carboxylic acids is 1. The molecule has 0 aliphatic carbocycles. The number of aromatic nitrogens is 2. The van der Waals surface area contributed by atoms with Gasteiger partial charge >= 0.3 is 0 Å². The number of anilines is 1. The van der Waals surface area contributed by atoms with Gasteiger partial charge in [0.1, 0.15) is 5.82 Å². The largest absolute Gasteiger partial charge is 0.337 e. The number of nitrogens with zero attached hydrogens (tertiary/aromatic N) is 3. The maximum absolute atomic E-state index is 12.4. The average molecular weight is 384 g/mol. The molecule has 8 heteroatoms. The number of imidazole rings is 1. The molecule has 1 atom stereocenters. The van der Waals surface area contributed by atoms with Gasteiger partial charge in [-0.25, -0.2) is 4.98 Å². The van der Waals surface area contributed by atoms with Crippen molar-refractivity contribution < 1.29 is 4.79 Å². The fourth-order valence-electron chi connectivity index (χ4n) is 2.94. The van der Waals surface area contributed by atoms with Gasteiger partial charge in [-0.2, -0.15) is 0 Å². The topological polar surface area (TPSA) is 62.2 Å². The normalized spacial score (nSPS) is 17.8. The Kier molecular flexibility index (Phi) is 6.84. The first kappa shape index (κ1) is 19.7.